The molecule has 4 bridgehead atoms. The molecule has 4 fully saturated rings. The summed E-state index contributed by atoms with van der Waals surface area (Å²) in [5, 5.41) is 28.1. The van der Waals surface area contributed by atoms with E-state index in [-0.39, 0.29) is 0 Å². The topological polar surface area (TPSA) is 141 Å². The van der Waals surface area contributed by atoms with E-state index in [0.29, 0.717) is 78.2 Å². The molecule has 8 rings (SSSR count). The Morgan fingerprint density at radius 1 is 0.662 bits per heavy atom. The van der Waals surface area contributed by atoms with Gasteiger partial charge in [-0.25, -0.2) is 0 Å². The van der Waals surface area contributed by atoms with E-state index in [2.05, 4.69) is 52.2 Å². The Morgan fingerprint density at radius 2 is 1.13 bits per heavy atom. The maximum Gasteiger partial charge on any atom is 0.233 e. The SMILES string of the molecule is CC1(C)C2CCC1(C)C(NCCNC1CC3CCC1(C)C3(C)C)C2.O=Cc1cccc(OCCCOCc2ccccc2)c1.O=[N+]([O-])C[C@@H](O)c1cccc(OCCCOCc2ccccc2)c1. The Kier molecular flexibility index (Phi) is 19.2. The minimum absolute atomic E-state index is 0.476. The van der Waals surface area contributed by atoms with Gasteiger partial charge in [0.2, 0.25) is 6.54 Å². The van der Waals surface area contributed by atoms with Crippen molar-refractivity contribution in [2.75, 3.05) is 46.1 Å². The zero-order valence-electron chi connectivity index (χ0n) is 41.6. The van der Waals surface area contributed by atoms with Crippen molar-refractivity contribution in [1.29, 1.82) is 0 Å². The number of carbonyl (C=O) groups excluding carboxylic acids is 1. The van der Waals surface area contributed by atoms with Gasteiger partial charge in [0.1, 0.15) is 23.9 Å². The van der Waals surface area contributed by atoms with Crippen molar-refractivity contribution in [2.24, 2.45) is 33.5 Å². The Labute approximate surface area is 406 Å². The van der Waals surface area contributed by atoms with Gasteiger partial charge in [0, 0.05) is 48.5 Å². The lowest BCUT2D eigenvalue weighted by atomic mass is 9.69. The summed E-state index contributed by atoms with van der Waals surface area (Å²) in [7, 11) is 0. The molecule has 11 nitrogen and oxygen atoms in total. The number of carbonyl (C=O) groups is 1. The first kappa shape index (κ1) is 52.7. The molecule has 3 N–H and O–H groups in total. The third-order valence-electron chi connectivity index (χ3n) is 16.7. The number of benzene rings is 4. The van der Waals surface area contributed by atoms with Crippen LogP contribution in [0.1, 0.15) is 126 Å². The van der Waals surface area contributed by atoms with Gasteiger partial charge in [-0.3, -0.25) is 14.9 Å². The highest BCUT2D eigenvalue weighted by atomic mass is 16.6. The van der Waals surface area contributed by atoms with Crippen LogP contribution in [0.4, 0.5) is 0 Å². The highest BCUT2D eigenvalue weighted by Gasteiger charge is 2.62. The summed E-state index contributed by atoms with van der Waals surface area (Å²) in [6.07, 6.45) is 9.80. The predicted octanol–water partition coefficient (Wildman–Crippen LogP) is 11.1. The molecular formula is C57H79N3O8. The Hall–Kier alpha value is -4.65. The third-order valence-corrected chi connectivity index (χ3v) is 16.7. The van der Waals surface area contributed by atoms with Gasteiger partial charge in [-0.05, 0) is 113 Å². The summed E-state index contributed by atoms with van der Waals surface area (Å²) in [6, 6.07) is 35.4. The maximum absolute atomic E-state index is 10.6. The fraction of sp³-hybridized carbons (Fsp3) is 0.561. The number of ether oxygens (including phenoxy) is 4. The number of nitrogens with one attached hydrogen (secondary N) is 2. The van der Waals surface area contributed by atoms with Crippen LogP contribution in [0.2, 0.25) is 0 Å². The molecule has 0 heterocycles. The van der Waals surface area contributed by atoms with E-state index in [1.165, 1.54) is 44.1 Å². The zero-order valence-corrected chi connectivity index (χ0v) is 41.6. The number of hydrogen-bond acceptors (Lipinski definition) is 10. The molecule has 11 heteroatoms. The van der Waals surface area contributed by atoms with Crippen molar-refractivity contribution in [3.63, 3.8) is 0 Å². The minimum atomic E-state index is -1.13. The van der Waals surface area contributed by atoms with Crippen LogP contribution in [0.3, 0.4) is 0 Å². The highest BCUT2D eigenvalue weighted by molar-refractivity contribution is 5.75. The summed E-state index contributed by atoms with van der Waals surface area (Å²) >= 11 is 0. The number of fused-ring (bicyclic) bond motifs is 4. The van der Waals surface area contributed by atoms with E-state index in [1.807, 2.05) is 72.8 Å². The van der Waals surface area contributed by atoms with Crippen LogP contribution in [0.15, 0.2) is 109 Å². The smallest absolute Gasteiger partial charge is 0.233 e. The van der Waals surface area contributed by atoms with Crippen molar-refractivity contribution in [2.45, 2.75) is 124 Å². The second-order valence-electron chi connectivity index (χ2n) is 21.0. The molecule has 7 atom stereocenters. The van der Waals surface area contributed by atoms with Crippen molar-refractivity contribution in [1.82, 2.24) is 10.6 Å². The molecule has 4 aromatic rings. The molecule has 4 saturated carbocycles. The van der Waals surface area contributed by atoms with Crippen molar-refractivity contribution >= 4 is 6.29 Å². The Balaban J connectivity index is 0.000000169. The number of aliphatic hydroxyl groups excluding tert-OH is 1. The summed E-state index contributed by atoms with van der Waals surface area (Å²) in [5.74, 6) is 3.19. The molecule has 0 amide bonds. The first-order valence-electron chi connectivity index (χ1n) is 25.1. The van der Waals surface area contributed by atoms with Gasteiger partial charge in [-0.1, -0.05) is 126 Å². The van der Waals surface area contributed by atoms with Gasteiger partial charge in [0.15, 0.2) is 0 Å². The first-order valence-corrected chi connectivity index (χ1v) is 25.1. The minimum Gasteiger partial charge on any atom is -0.493 e. The molecule has 0 aromatic heterocycles. The zero-order chi connectivity index (χ0) is 48.6. The molecule has 0 saturated heterocycles. The molecule has 6 unspecified atom stereocenters. The molecular weight excluding hydrogens is 855 g/mol. The van der Waals surface area contributed by atoms with Crippen LogP contribution in [-0.4, -0.2) is 74.5 Å². The lowest BCUT2D eigenvalue weighted by Crippen LogP contribution is -2.49. The molecule has 4 aliphatic rings. The average Bonchev–Trinajstić information content (AvgIpc) is 3.86. The van der Waals surface area contributed by atoms with Crippen LogP contribution in [-0.2, 0) is 22.7 Å². The van der Waals surface area contributed by atoms with Gasteiger partial charge in [0.05, 0.1) is 39.6 Å². The number of aldehydes is 1. The summed E-state index contributed by atoms with van der Waals surface area (Å²) in [4.78, 5) is 20.5. The van der Waals surface area contributed by atoms with Gasteiger partial charge in [-0.15, -0.1) is 0 Å². The normalized spacial score (nSPS) is 25.1. The molecule has 0 aliphatic heterocycles. The number of nitrogens with zero attached hydrogens (tertiary/aromatic N) is 1. The Bertz CT molecular complexity index is 2110. The first-order chi connectivity index (χ1) is 32.7. The number of nitro groups is 1. The average molecular weight is 934 g/mol. The van der Waals surface area contributed by atoms with E-state index in [0.717, 1.165) is 67.4 Å². The van der Waals surface area contributed by atoms with Crippen LogP contribution in [0, 0.1) is 43.6 Å². The van der Waals surface area contributed by atoms with E-state index >= 15 is 0 Å². The largest absolute Gasteiger partial charge is 0.493 e. The summed E-state index contributed by atoms with van der Waals surface area (Å²) < 4.78 is 22.3. The summed E-state index contributed by atoms with van der Waals surface area (Å²) in [5.41, 5.74) is 5.49. The van der Waals surface area contributed by atoms with E-state index in [4.69, 9.17) is 18.9 Å². The monoisotopic (exact) mass is 934 g/mol. The van der Waals surface area contributed by atoms with Crippen LogP contribution >= 0.6 is 0 Å². The molecule has 370 valence electrons. The van der Waals surface area contributed by atoms with Crippen molar-refractivity contribution < 1.29 is 33.8 Å². The molecule has 4 aliphatic carbocycles. The number of aliphatic hydroxyl groups is 1. The van der Waals surface area contributed by atoms with Gasteiger partial charge in [0.25, 0.3) is 0 Å². The lowest BCUT2D eigenvalue weighted by Gasteiger charge is -2.41. The van der Waals surface area contributed by atoms with E-state index in [9.17, 15) is 20.0 Å². The number of rotatable bonds is 23. The molecule has 0 spiro atoms. The van der Waals surface area contributed by atoms with E-state index in [1.54, 1.807) is 36.4 Å². The van der Waals surface area contributed by atoms with Gasteiger partial charge < -0.3 is 34.7 Å². The second kappa shape index (κ2) is 24.8. The second-order valence-corrected chi connectivity index (χ2v) is 21.0. The van der Waals surface area contributed by atoms with Gasteiger partial charge in [-0.2, -0.15) is 0 Å². The van der Waals surface area contributed by atoms with Crippen LogP contribution < -0.4 is 20.1 Å². The summed E-state index contributed by atoms with van der Waals surface area (Å²) in [6.45, 7) is 20.4. The van der Waals surface area contributed by atoms with Crippen molar-refractivity contribution in [3.05, 3.63) is 142 Å². The maximum atomic E-state index is 10.6. The van der Waals surface area contributed by atoms with Crippen LogP contribution in [0.5, 0.6) is 11.5 Å². The predicted molar refractivity (Wildman–Crippen MR) is 270 cm³/mol. The van der Waals surface area contributed by atoms with E-state index < -0.39 is 17.6 Å². The molecule has 68 heavy (non-hydrogen) atoms. The standard InChI is InChI=1S/C22H40N2.C18H21NO5.C17H18O3/c1-19(2)15-7-9-21(19,5)17(13-15)23-11-12-24-18-14-16-8-10-22(18,6)20(16,3)4;20-18(13-19(21)22)16-8-4-9-17(12-16)24-11-5-10-23-14-15-6-2-1-3-7-15;18-13-16-8-4-9-17(12-16)20-11-5-10-19-14-15-6-2-1-3-7-15/h15-18,23-24H,7-14H2,1-6H3;1-4,6-9,12,18,20H,5,10-11,13-14H2;1-4,6-9,12-13H,5,10-11,14H2/t;18-;/m.1./s1. The number of hydrogen-bond donors (Lipinski definition) is 3. The molecule has 4 aromatic carbocycles. The fourth-order valence-corrected chi connectivity index (χ4v) is 11.5. The highest BCUT2D eigenvalue weighted by Crippen LogP contribution is 2.66. The van der Waals surface area contributed by atoms with Gasteiger partial charge >= 0.3 is 0 Å². The fourth-order valence-electron chi connectivity index (χ4n) is 11.5. The third kappa shape index (κ3) is 13.6. The molecule has 0 radical (unpaired) electrons. The van der Waals surface area contributed by atoms with Crippen molar-refractivity contribution in [3.8, 4) is 11.5 Å². The van der Waals surface area contributed by atoms with Crippen LogP contribution in [0.25, 0.3) is 0 Å². The Morgan fingerprint density at radius 3 is 1.56 bits per heavy atom. The quantitative estimate of drug-likeness (QED) is 0.0285. The lowest BCUT2D eigenvalue weighted by molar-refractivity contribution is -0.491.